The van der Waals surface area contributed by atoms with E-state index in [2.05, 4.69) is 5.32 Å². The van der Waals surface area contributed by atoms with E-state index in [1.165, 1.54) is 23.1 Å². The summed E-state index contributed by atoms with van der Waals surface area (Å²) in [5.74, 6) is -1.44. The van der Waals surface area contributed by atoms with Crippen LogP contribution >= 0.6 is 11.6 Å². The fourth-order valence-electron chi connectivity index (χ4n) is 4.05. The zero-order valence-electron chi connectivity index (χ0n) is 22.2. The van der Waals surface area contributed by atoms with Crippen LogP contribution in [0.1, 0.15) is 25.0 Å². The van der Waals surface area contributed by atoms with Crippen molar-refractivity contribution in [2.24, 2.45) is 5.92 Å². The van der Waals surface area contributed by atoms with E-state index in [0.29, 0.717) is 17.1 Å². The van der Waals surface area contributed by atoms with Crippen molar-refractivity contribution >= 4 is 39.1 Å². The van der Waals surface area contributed by atoms with Gasteiger partial charge in [-0.15, -0.1) is 0 Å². The molecule has 0 aliphatic rings. The standard InChI is InChI=1S/C29H33ClFN3O4S/c1-21(2)18-32-29(36)27(16-22-9-5-4-6-10-22)33(19-23-11-7-12-24(30)15-23)28(35)20-34(39(3,37)38)26-14-8-13-25(31)17-26/h4-15,17,21,27H,16,18-20H2,1-3H3,(H,32,36)/t27-/m1/s1. The summed E-state index contributed by atoms with van der Waals surface area (Å²) in [5, 5.41) is 3.38. The number of amides is 2. The van der Waals surface area contributed by atoms with Gasteiger partial charge in [0.05, 0.1) is 11.9 Å². The molecule has 2 amide bonds. The maximum atomic E-state index is 14.0. The van der Waals surface area contributed by atoms with Gasteiger partial charge in [0.1, 0.15) is 18.4 Å². The second-order valence-corrected chi connectivity index (χ2v) is 12.1. The third-order valence-electron chi connectivity index (χ3n) is 5.97. The first-order chi connectivity index (χ1) is 18.4. The van der Waals surface area contributed by atoms with Crippen LogP contribution in [0.4, 0.5) is 10.1 Å². The van der Waals surface area contributed by atoms with Crippen molar-refractivity contribution < 1.29 is 22.4 Å². The van der Waals surface area contributed by atoms with Crippen molar-refractivity contribution in [2.45, 2.75) is 32.9 Å². The lowest BCUT2D eigenvalue weighted by molar-refractivity contribution is -0.140. The first-order valence-electron chi connectivity index (χ1n) is 12.5. The number of benzene rings is 3. The van der Waals surface area contributed by atoms with Gasteiger partial charge >= 0.3 is 0 Å². The Morgan fingerprint density at radius 1 is 0.949 bits per heavy atom. The molecular weight excluding hydrogens is 541 g/mol. The van der Waals surface area contributed by atoms with Gasteiger partial charge in [-0.2, -0.15) is 0 Å². The average Bonchev–Trinajstić information content (AvgIpc) is 2.87. The summed E-state index contributed by atoms with van der Waals surface area (Å²) in [7, 11) is -3.97. The maximum Gasteiger partial charge on any atom is 0.244 e. The quantitative estimate of drug-likeness (QED) is 0.341. The highest BCUT2D eigenvalue weighted by atomic mass is 35.5. The van der Waals surface area contributed by atoms with Crippen molar-refractivity contribution in [1.29, 1.82) is 0 Å². The van der Waals surface area contributed by atoms with Gasteiger partial charge < -0.3 is 10.2 Å². The number of hydrogen-bond donors (Lipinski definition) is 1. The van der Waals surface area contributed by atoms with Crippen LogP contribution < -0.4 is 9.62 Å². The van der Waals surface area contributed by atoms with Crippen LogP contribution in [0.3, 0.4) is 0 Å². The Balaban J connectivity index is 2.05. The molecule has 0 radical (unpaired) electrons. The summed E-state index contributed by atoms with van der Waals surface area (Å²) >= 11 is 6.20. The topological polar surface area (TPSA) is 86.8 Å². The number of sulfonamides is 1. The Hall–Kier alpha value is -3.43. The molecule has 10 heteroatoms. The van der Waals surface area contributed by atoms with Crippen molar-refractivity contribution in [3.8, 4) is 0 Å². The summed E-state index contributed by atoms with van der Waals surface area (Å²) in [5.41, 5.74) is 1.51. The molecule has 0 heterocycles. The number of carbonyl (C=O) groups is 2. The number of halogens is 2. The van der Waals surface area contributed by atoms with Gasteiger partial charge in [-0.1, -0.05) is 74.0 Å². The van der Waals surface area contributed by atoms with E-state index in [1.54, 1.807) is 24.3 Å². The number of carbonyl (C=O) groups excluding carboxylic acids is 2. The highest BCUT2D eigenvalue weighted by Crippen LogP contribution is 2.22. The van der Waals surface area contributed by atoms with Crippen LogP contribution in [0.5, 0.6) is 0 Å². The SMILES string of the molecule is CC(C)CNC(=O)[C@@H](Cc1ccccc1)N(Cc1cccc(Cl)c1)C(=O)CN(c1cccc(F)c1)S(C)(=O)=O. The Morgan fingerprint density at radius 2 is 1.62 bits per heavy atom. The van der Waals surface area contributed by atoms with Gasteiger partial charge in [0.15, 0.2) is 0 Å². The number of hydrogen-bond acceptors (Lipinski definition) is 4. The monoisotopic (exact) mass is 573 g/mol. The molecule has 0 unspecified atom stereocenters. The van der Waals surface area contributed by atoms with Crippen molar-refractivity contribution in [3.63, 3.8) is 0 Å². The molecule has 0 saturated carbocycles. The largest absolute Gasteiger partial charge is 0.354 e. The highest BCUT2D eigenvalue weighted by Gasteiger charge is 2.33. The van der Waals surface area contributed by atoms with E-state index in [1.807, 2.05) is 44.2 Å². The van der Waals surface area contributed by atoms with E-state index >= 15 is 0 Å². The molecule has 208 valence electrons. The van der Waals surface area contributed by atoms with E-state index < -0.39 is 34.3 Å². The summed E-state index contributed by atoms with van der Waals surface area (Å²) in [6.07, 6.45) is 1.15. The Morgan fingerprint density at radius 3 is 2.23 bits per heavy atom. The molecule has 0 spiro atoms. The van der Waals surface area contributed by atoms with Crippen LogP contribution in [0.15, 0.2) is 78.9 Å². The zero-order chi connectivity index (χ0) is 28.6. The van der Waals surface area contributed by atoms with Crippen LogP contribution in [0, 0.1) is 11.7 Å². The van der Waals surface area contributed by atoms with E-state index in [-0.39, 0.29) is 30.5 Å². The number of nitrogens with zero attached hydrogens (tertiary/aromatic N) is 2. The molecular formula is C29H33ClFN3O4S. The molecule has 1 atom stereocenters. The minimum atomic E-state index is -3.97. The minimum Gasteiger partial charge on any atom is -0.354 e. The highest BCUT2D eigenvalue weighted by molar-refractivity contribution is 7.92. The third kappa shape index (κ3) is 9.07. The van der Waals surface area contributed by atoms with Gasteiger partial charge in [-0.3, -0.25) is 13.9 Å². The summed E-state index contributed by atoms with van der Waals surface area (Å²) in [4.78, 5) is 28.8. The molecule has 1 N–H and O–H groups in total. The van der Waals surface area contributed by atoms with Crippen LogP contribution in [-0.2, 0) is 32.6 Å². The zero-order valence-corrected chi connectivity index (χ0v) is 23.8. The maximum absolute atomic E-state index is 14.0. The molecule has 0 bridgehead atoms. The second kappa shape index (κ2) is 13.6. The minimum absolute atomic E-state index is 0.00669. The van der Waals surface area contributed by atoms with Crippen molar-refractivity contribution in [2.75, 3.05) is 23.7 Å². The predicted octanol–water partition coefficient (Wildman–Crippen LogP) is 4.66. The number of nitrogens with one attached hydrogen (secondary N) is 1. The molecule has 0 saturated heterocycles. The van der Waals surface area contributed by atoms with Gasteiger partial charge in [-0.25, -0.2) is 12.8 Å². The summed E-state index contributed by atoms with van der Waals surface area (Å²) in [6.45, 7) is 3.72. The van der Waals surface area contributed by atoms with Crippen molar-refractivity contribution in [1.82, 2.24) is 10.2 Å². The van der Waals surface area contributed by atoms with Gasteiger partial charge in [0.2, 0.25) is 21.8 Å². The Bertz CT molecular complexity index is 1390. The van der Waals surface area contributed by atoms with E-state index in [4.69, 9.17) is 11.6 Å². The lowest BCUT2D eigenvalue weighted by atomic mass is 10.0. The lowest BCUT2D eigenvalue weighted by Crippen LogP contribution is -2.53. The van der Waals surface area contributed by atoms with E-state index in [9.17, 15) is 22.4 Å². The normalized spacial score (nSPS) is 12.2. The van der Waals surface area contributed by atoms with Crippen LogP contribution in [0.2, 0.25) is 5.02 Å². The molecule has 3 aromatic carbocycles. The molecule has 39 heavy (non-hydrogen) atoms. The molecule has 3 rings (SSSR count). The van der Waals surface area contributed by atoms with Crippen molar-refractivity contribution in [3.05, 3.63) is 101 Å². The smallest absolute Gasteiger partial charge is 0.244 e. The van der Waals surface area contributed by atoms with Crippen LogP contribution in [-0.4, -0.2) is 50.5 Å². The van der Waals surface area contributed by atoms with Gasteiger partial charge in [0.25, 0.3) is 0 Å². The summed E-state index contributed by atoms with van der Waals surface area (Å²) in [6, 6.07) is 20.2. The fraction of sp³-hybridized carbons (Fsp3) is 0.310. The Kier molecular flexibility index (Phi) is 10.5. The molecule has 0 aromatic heterocycles. The number of anilines is 1. The third-order valence-corrected chi connectivity index (χ3v) is 7.35. The molecule has 0 fully saturated rings. The first kappa shape index (κ1) is 30.1. The second-order valence-electron chi connectivity index (χ2n) is 9.75. The summed E-state index contributed by atoms with van der Waals surface area (Å²) < 4.78 is 40.2. The first-order valence-corrected chi connectivity index (χ1v) is 14.8. The van der Waals surface area contributed by atoms with Crippen LogP contribution in [0.25, 0.3) is 0 Å². The molecule has 7 nitrogen and oxygen atoms in total. The molecule has 0 aliphatic heterocycles. The fourth-order valence-corrected chi connectivity index (χ4v) is 5.11. The average molecular weight is 574 g/mol. The Labute approximate surface area is 234 Å². The van der Waals surface area contributed by atoms with E-state index in [0.717, 1.165) is 22.2 Å². The molecule has 3 aromatic rings. The lowest BCUT2D eigenvalue weighted by Gasteiger charge is -2.33. The predicted molar refractivity (Wildman–Crippen MR) is 152 cm³/mol. The molecule has 0 aliphatic carbocycles. The number of rotatable bonds is 12. The van der Waals surface area contributed by atoms with Gasteiger partial charge in [0, 0.05) is 24.5 Å². The van der Waals surface area contributed by atoms with Gasteiger partial charge in [-0.05, 0) is 47.4 Å².